The summed E-state index contributed by atoms with van der Waals surface area (Å²) < 4.78 is 20.2. The number of benzene rings is 2. The van der Waals surface area contributed by atoms with Gasteiger partial charge in [0.1, 0.15) is 30.3 Å². The van der Waals surface area contributed by atoms with Crippen molar-refractivity contribution in [2.45, 2.75) is 32.2 Å². The normalized spacial score (nSPS) is 19.1. The van der Waals surface area contributed by atoms with Crippen LogP contribution in [-0.4, -0.2) is 52.5 Å². The first-order valence-corrected chi connectivity index (χ1v) is 11.2. The lowest BCUT2D eigenvalue weighted by molar-refractivity contribution is -0.125. The first kappa shape index (κ1) is 24.2. The molecule has 0 aromatic heterocycles. The molecule has 10 heteroatoms. The van der Waals surface area contributed by atoms with Crippen LogP contribution in [0.2, 0.25) is 0 Å². The predicted molar refractivity (Wildman–Crippen MR) is 125 cm³/mol. The molecular formula is C22H25FIN3O5. The van der Waals surface area contributed by atoms with Crippen molar-refractivity contribution in [2.75, 3.05) is 18.5 Å². The van der Waals surface area contributed by atoms with Gasteiger partial charge in [-0.25, -0.2) is 9.18 Å². The van der Waals surface area contributed by atoms with Gasteiger partial charge in [0.25, 0.3) is 0 Å². The highest BCUT2D eigenvalue weighted by atomic mass is 127. The summed E-state index contributed by atoms with van der Waals surface area (Å²) in [6, 6.07) is 8.73. The molecule has 1 heterocycles. The average molecular weight is 557 g/mol. The Labute approximate surface area is 198 Å². The third kappa shape index (κ3) is 5.30. The van der Waals surface area contributed by atoms with Crippen LogP contribution in [0.25, 0.3) is 0 Å². The maximum atomic E-state index is 14.2. The number of nitrogens with one attached hydrogen (secondary N) is 2. The zero-order valence-electron chi connectivity index (χ0n) is 17.6. The van der Waals surface area contributed by atoms with Gasteiger partial charge in [-0.3, -0.25) is 9.69 Å². The highest BCUT2D eigenvalue weighted by Gasteiger charge is 2.46. The first-order valence-electron chi connectivity index (χ1n) is 10.1. The Kier molecular flexibility index (Phi) is 7.91. The van der Waals surface area contributed by atoms with Crippen LogP contribution in [0.4, 0.5) is 14.9 Å². The second kappa shape index (κ2) is 10.5. The zero-order chi connectivity index (χ0) is 23.4. The largest absolute Gasteiger partial charge is 0.491 e. The van der Waals surface area contributed by atoms with Gasteiger partial charge in [0.2, 0.25) is 5.91 Å². The van der Waals surface area contributed by atoms with Gasteiger partial charge < -0.3 is 25.6 Å². The number of carbonyl (C=O) groups excluding carboxylic acids is 2. The fraction of sp³-hybridized carbons (Fsp3) is 0.364. The second-order valence-electron chi connectivity index (χ2n) is 7.69. The van der Waals surface area contributed by atoms with Gasteiger partial charge >= 0.3 is 6.03 Å². The number of urea groups is 1. The topological polar surface area (TPSA) is 111 Å². The van der Waals surface area contributed by atoms with E-state index >= 15 is 0 Å². The van der Waals surface area contributed by atoms with Gasteiger partial charge in [-0.1, -0.05) is 26.0 Å². The molecule has 1 aliphatic heterocycles. The van der Waals surface area contributed by atoms with Gasteiger partial charge in [0, 0.05) is 3.57 Å². The number of aliphatic hydroxyl groups excluding tert-OH is 2. The molecule has 0 radical (unpaired) electrons. The van der Waals surface area contributed by atoms with Crippen LogP contribution in [0, 0.1) is 15.3 Å². The number of rotatable bonds is 8. The number of nitrogens with zero attached hydrogens (tertiary/aromatic N) is 1. The molecule has 32 heavy (non-hydrogen) atoms. The van der Waals surface area contributed by atoms with Crippen LogP contribution in [-0.2, 0) is 4.79 Å². The van der Waals surface area contributed by atoms with E-state index in [0.29, 0.717) is 14.9 Å². The zero-order valence-corrected chi connectivity index (χ0v) is 19.7. The molecule has 8 nitrogen and oxygen atoms in total. The molecule has 3 rings (SSSR count). The van der Waals surface area contributed by atoms with E-state index in [-0.39, 0.29) is 24.8 Å². The first-order chi connectivity index (χ1) is 15.2. The molecule has 3 atom stereocenters. The van der Waals surface area contributed by atoms with Gasteiger partial charge in [-0.2, -0.15) is 0 Å². The monoisotopic (exact) mass is 557 g/mol. The van der Waals surface area contributed by atoms with Crippen LogP contribution in [0.3, 0.4) is 0 Å². The summed E-state index contributed by atoms with van der Waals surface area (Å²) in [5.41, 5.74) is 0.626. The van der Waals surface area contributed by atoms with E-state index < -0.39 is 36.1 Å². The molecule has 0 spiro atoms. The highest BCUT2D eigenvalue weighted by Crippen LogP contribution is 2.31. The van der Waals surface area contributed by atoms with Crippen molar-refractivity contribution in [1.29, 1.82) is 0 Å². The molecule has 4 N–H and O–H groups in total. The minimum Gasteiger partial charge on any atom is -0.491 e. The number of anilines is 1. The second-order valence-corrected chi connectivity index (χ2v) is 8.94. The van der Waals surface area contributed by atoms with Gasteiger partial charge in [-0.05, 0) is 64.4 Å². The van der Waals surface area contributed by atoms with Crippen molar-refractivity contribution in [1.82, 2.24) is 10.2 Å². The van der Waals surface area contributed by atoms with E-state index in [1.54, 1.807) is 44.2 Å². The maximum absolute atomic E-state index is 14.2. The molecule has 172 valence electrons. The van der Waals surface area contributed by atoms with Crippen LogP contribution in [0.1, 0.15) is 25.5 Å². The minimum absolute atomic E-state index is 0.00480. The Morgan fingerprint density at radius 3 is 2.56 bits per heavy atom. The maximum Gasteiger partial charge on any atom is 0.320 e. The van der Waals surface area contributed by atoms with Crippen molar-refractivity contribution >= 4 is 40.2 Å². The molecule has 1 saturated heterocycles. The number of ether oxygens (including phenoxy) is 1. The Morgan fingerprint density at radius 2 is 1.97 bits per heavy atom. The lowest BCUT2D eigenvalue weighted by Gasteiger charge is -2.32. The van der Waals surface area contributed by atoms with Crippen molar-refractivity contribution in [3.63, 3.8) is 0 Å². The standard InChI is InChI=1S/C22H25FIN3O5/c1-12(2)19(20(29)25-17-8-5-14(24)11-16(17)23)27-21(30)18(26-22(27)31)13-3-6-15(7-4-13)32-10-9-28/h3-8,11-12,18-19,21,28,30H,9-10H2,1-2H3,(H,25,29)(H,26,31)/t18-,19+,21-/m1/s1. The fourth-order valence-corrected chi connectivity index (χ4v) is 4.05. The molecule has 0 saturated carbocycles. The quantitative estimate of drug-likeness (QED) is 0.374. The molecule has 1 fully saturated rings. The predicted octanol–water partition coefficient (Wildman–Crippen LogP) is 2.85. The number of aliphatic hydroxyl groups is 2. The fourth-order valence-electron chi connectivity index (χ4n) is 3.59. The van der Waals surface area contributed by atoms with Crippen molar-refractivity contribution in [3.05, 3.63) is 57.4 Å². The average Bonchev–Trinajstić information content (AvgIpc) is 3.03. The number of hydrogen-bond acceptors (Lipinski definition) is 5. The van der Waals surface area contributed by atoms with Crippen molar-refractivity contribution < 1.29 is 28.9 Å². The Balaban J connectivity index is 1.79. The SMILES string of the molecule is CC(C)[C@@H](C(=O)Nc1ccc(I)cc1F)N1C(=O)N[C@H](c2ccc(OCCO)cc2)[C@H]1O. The lowest BCUT2D eigenvalue weighted by atomic mass is 10.00. The van der Waals surface area contributed by atoms with E-state index in [1.807, 2.05) is 22.6 Å². The number of carbonyl (C=O) groups is 2. The highest BCUT2D eigenvalue weighted by molar-refractivity contribution is 14.1. The van der Waals surface area contributed by atoms with Crippen LogP contribution >= 0.6 is 22.6 Å². The molecule has 0 bridgehead atoms. The van der Waals surface area contributed by atoms with E-state index in [1.165, 1.54) is 12.1 Å². The van der Waals surface area contributed by atoms with Crippen LogP contribution < -0.4 is 15.4 Å². The molecule has 0 unspecified atom stereocenters. The summed E-state index contributed by atoms with van der Waals surface area (Å²) in [6.07, 6.45) is -1.31. The number of amides is 3. The molecule has 3 amide bonds. The summed E-state index contributed by atoms with van der Waals surface area (Å²) >= 11 is 1.97. The Hall–Kier alpha value is -2.44. The Bertz CT molecular complexity index is 973. The molecule has 1 aliphatic rings. The van der Waals surface area contributed by atoms with Gasteiger partial charge in [0.15, 0.2) is 6.23 Å². The van der Waals surface area contributed by atoms with Gasteiger partial charge in [-0.15, -0.1) is 0 Å². The Morgan fingerprint density at radius 1 is 1.28 bits per heavy atom. The van der Waals surface area contributed by atoms with Crippen molar-refractivity contribution in [2.24, 2.45) is 5.92 Å². The third-order valence-electron chi connectivity index (χ3n) is 5.08. The molecular weight excluding hydrogens is 532 g/mol. The summed E-state index contributed by atoms with van der Waals surface area (Å²) in [4.78, 5) is 26.8. The molecule has 2 aromatic carbocycles. The summed E-state index contributed by atoms with van der Waals surface area (Å²) in [6.45, 7) is 3.53. The van der Waals surface area contributed by atoms with Crippen LogP contribution in [0.5, 0.6) is 5.75 Å². The van der Waals surface area contributed by atoms with E-state index in [9.17, 15) is 19.1 Å². The summed E-state index contributed by atoms with van der Waals surface area (Å²) in [7, 11) is 0. The molecule has 2 aromatic rings. The number of halogens is 2. The lowest BCUT2D eigenvalue weighted by Crippen LogP contribution is -2.52. The van der Waals surface area contributed by atoms with E-state index in [2.05, 4.69) is 10.6 Å². The number of hydrogen-bond donors (Lipinski definition) is 4. The minimum atomic E-state index is -1.31. The van der Waals surface area contributed by atoms with Gasteiger partial charge in [0.05, 0.1) is 12.3 Å². The molecule has 0 aliphatic carbocycles. The van der Waals surface area contributed by atoms with E-state index in [4.69, 9.17) is 9.84 Å². The van der Waals surface area contributed by atoms with Crippen molar-refractivity contribution in [3.8, 4) is 5.75 Å². The van der Waals surface area contributed by atoms with Crippen LogP contribution in [0.15, 0.2) is 42.5 Å². The summed E-state index contributed by atoms with van der Waals surface area (Å²) in [5.74, 6) is -0.990. The third-order valence-corrected chi connectivity index (χ3v) is 5.76. The van der Waals surface area contributed by atoms with E-state index in [0.717, 1.165) is 4.90 Å². The summed E-state index contributed by atoms with van der Waals surface area (Å²) in [5, 5.41) is 25.0. The smallest absolute Gasteiger partial charge is 0.320 e.